The van der Waals surface area contributed by atoms with Crippen molar-refractivity contribution in [2.45, 2.75) is 69.3 Å². The van der Waals surface area contributed by atoms with Crippen LogP contribution in [0.3, 0.4) is 0 Å². The zero-order valence-electron chi connectivity index (χ0n) is 33.4. The molecule has 56 heavy (non-hydrogen) atoms. The minimum absolute atomic E-state index is 0. The summed E-state index contributed by atoms with van der Waals surface area (Å²) >= 11 is 3.86. The molecule has 0 spiro atoms. The zero-order chi connectivity index (χ0) is 37.8. The van der Waals surface area contributed by atoms with Gasteiger partial charge in [0.15, 0.2) is 0 Å². The van der Waals surface area contributed by atoms with Gasteiger partial charge in [0, 0.05) is 0 Å². The summed E-state index contributed by atoms with van der Waals surface area (Å²) in [6, 6.07) is 50.5. The molecule has 0 heterocycles. The zero-order valence-corrected chi connectivity index (χ0v) is 38.1. The fraction of sp³-hybridized carbons (Fsp3) is 0.212. The van der Waals surface area contributed by atoms with E-state index in [9.17, 15) is 0 Å². The van der Waals surface area contributed by atoms with Crippen molar-refractivity contribution in [2.75, 3.05) is 0 Å². The summed E-state index contributed by atoms with van der Waals surface area (Å²) in [7, 11) is 0. The summed E-state index contributed by atoms with van der Waals surface area (Å²) in [5.74, 6) is 0. The van der Waals surface area contributed by atoms with Crippen LogP contribution in [-0.4, -0.2) is 3.21 Å². The van der Waals surface area contributed by atoms with E-state index in [1.165, 1.54) is 75.5 Å². The van der Waals surface area contributed by atoms with Crippen LogP contribution >= 0.6 is 11.6 Å². The normalized spacial score (nSPS) is 13.6. The summed E-state index contributed by atoms with van der Waals surface area (Å²) in [5, 5.41) is 0.785. The van der Waals surface area contributed by atoms with Gasteiger partial charge in [-0.1, -0.05) is 0 Å². The first-order valence-corrected chi connectivity index (χ1v) is 23.6. The molecule has 0 aromatic heterocycles. The van der Waals surface area contributed by atoms with Crippen LogP contribution in [0.15, 0.2) is 155 Å². The minimum Gasteiger partial charge on any atom is -1.00 e. The van der Waals surface area contributed by atoms with Crippen molar-refractivity contribution >= 4 is 14.8 Å². The third-order valence-electron chi connectivity index (χ3n) is 11.2. The molecule has 0 fully saturated rings. The van der Waals surface area contributed by atoms with Crippen molar-refractivity contribution in [3.05, 3.63) is 199 Å². The van der Waals surface area contributed by atoms with Crippen LogP contribution in [0.25, 0.3) is 33.4 Å². The molecule has 8 rings (SSSR count). The molecule has 6 aromatic carbocycles. The molecule has 0 saturated heterocycles. The summed E-state index contributed by atoms with van der Waals surface area (Å²) in [5.41, 5.74) is 17.6. The number of halogens is 3. The first kappa shape index (κ1) is 42.0. The number of fused-ring (bicyclic) bond motifs is 3. The van der Waals surface area contributed by atoms with E-state index in [0.717, 1.165) is 11.4 Å². The number of aryl methyl sites for hydroxylation is 1. The van der Waals surface area contributed by atoms with E-state index in [4.69, 9.17) is 11.6 Å². The number of allylic oxidation sites excluding steroid dienone is 4. The second-order valence-electron chi connectivity index (χ2n) is 17.1. The Kier molecular flexibility index (Phi) is 12.6. The van der Waals surface area contributed by atoms with Gasteiger partial charge in [-0.3, -0.25) is 0 Å². The molecule has 282 valence electrons. The standard InChI is InChI=1S/C33H33.C14H11Cl.C5H5.2ClH.Zr/c1-32(2,3)30-20-26-24(18-28(30)22-13-9-7-10-14-22)17-25-19-29(23-15-11-8-12-16-23)31(21-27(25)26)33(4,5)6;1-11-5-7-12(8-6-11)9-13-3-2-4-14(15)10-13;1-2-4-5-3-1;;;/h7-21H,1-6H3;2-8,10H,1H3;1-3H,4H2;2*1H;/q;;;;;+2/p-2. The Balaban J connectivity index is 0.00000266. The van der Waals surface area contributed by atoms with Crippen LogP contribution < -0.4 is 24.8 Å². The van der Waals surface area contributed by atoms with Crippen LogP contribution in [-0.2, 0) is 32.1 Å². The third kappa shape index (κ3) is 8.09. The van der Waals surface area contributed by atoms with Gasteiger partial charge in [-0.2, -0.15) is 0 Å². The van der Waals surface area contributed by atoms with Crippen molar-refractivity contribution in [2.24, 2.45) is 0 Å². The SMILES string of the molecule is Cc1ccc(/[C](c2cccc(Cl)c2)=[Zr+2](\[C]2=CC=CC2)[CH]2c3cc(-c4ccccc4)c(C(C)(C)C)cc3-c3cc(C(C)(C)C)c(-c4ccccc4)cc32)cc1.[Cl-].[Cl-]. The first-order chi connectivity index (χ1) is 25.9. The molecular formula is C52H49Cl3Zr. The Morgan fingerprint density at radius 1 is 0.571 bits per heavy atom. The number of rotatable bonds is 6. The molecular weight excluding hydrogens is 822 g/mol. The van der Waals surface area contributed by atoms with Crippen molar-refractivity contribution in [1.29, 1.82) is 0 Å². The van der Waals surface area contributed by atoms with Gasteiger partial charge in [0.2, 0.25) is 0 Å². The smallest absolute Gasteiger partial charge is 1.00 e. The predicted octanol–water partition coefficient (Wildman–Crippen LogP) is 8.39. The van der Waals surface area contributed by atoms with Gasteiger partial charge in [0.1, 0.15) is 0 Å². The summed E-state index contributed by atoms with van der Waals surface area (Å²) in [4.78, 5) is 0. The number of benzene rings is 6. The molecule has 0 aliphatic heterocycles. The van der Waals surface area contributed by atoms with Crippen molar-refractivity contribution in [3.8, 4) is 33.4 Å². The quantitative estimate of drug-likeness (QED) is 0.158. The average molecular weight is 872 g/mol. The Hall–Kier alpha value is -3.58. The molecule has 0 unspecified atom stereocenters. The first-order valence-electron chi connectivity index (χ1n) is 19.3. The molecule has 2 aliphatic carbocycles. The Morgan fingerprint density at radius 2 is 1.09 bits per heavy atom. The fourth-order valence-electron chi connectivity index (χ4n) is 8.59. The summed E-state index contributed by atoms with van der Waals surface area (Å²) in [6.45, 7) is 16.4. The molecule has 0 nitrogen and oxygen atoms in total. The molecule has 0 bridgehead atoms. The van der Waals surface area contributed by atoms with Crippen LogP contribution in [0.4, 0.5) is 0 Å². The molecule has 0 saturated carbocycles. The Morgan fingerprint density at radius 3 is 1.54 bits per heavy atom. The maximum absolute atomic E-state index is 6.87. The monoisotopic (exact) mass is 868 g/mol. The van der Waals surface area contributed by atoms with E-state index in [1.807, 2.05) is 6.07 Å². The van der Waals surface area contributed by atoms with Crippen LogP contribution in [0.1, 0.15) is 90.5 Å². The molecule has 6 aromatic rings. The van der Waals surface area contributed by atoms with E-state index in [0.29, 0.717) is 0 Å². The van der Waals surface area contributed by atoms with Gasteiger partial charge in [-0.15, -0.1) is 0 Å². The van der Waals surface area contributed by atoms with Gasteiger partial charge in [0.05, 0.1) is 0 Å². The van der Waals surface area contributed by atoms with E-state index >= 15 is 0 Å². The summed E-state index contributed by atoms with van der Waals surface area (Å²) in [6.07, 6.45) is 8.14. The molecule has 0 N–H and O–H groups in total. The second-order valence-corrected chi connectivity index (χ2v) is 23.8. The van der Waals surface area contributed by atoms with E-state index in [1.54, 1.807) is 3.28 Å². The van der Waals surface area contributed by atoms with E-state index in [2.05, 4.69) is 194 Å². The third-order valence-corrected chi connectivity index (χ3v) is 19.7. The molecule has 0 atom stereocenters. The molecule has 0 amide bonds. The van der Waals surface area contributed by atoms with Crippen molar-refractivity contribution in [3.63, 3.8) is 0 Å². The topological polar surface area (TPSA) is 0 Å². The van der Waals surface area contributed by atoms with Crippen molar-refractivity contribution in [1.82, 2.24) is 0 Å². The van der Waals surface area contributed by atoms with Gasteiger partial charge >= 0.3 is 338 Å². The summed E-state index contributed by atoms with van der Waals surface area (Å²) < 4.78 is 3.40. The van der Waals surface area contributed by atoms with Crippen LogP contribution in [0.5, 0.6) is 0 Å². The largest absolute Gasteiger partial charge is 1.00 e. The molecule has 4 heteroatoms. The minimum atomic E-state index is -3.00. The van der Waals surface area contributed by atoms with E-state index < -0.39 is 21.3 Å². The van der Waals surface area contributed by atoms with Gasteiger partial charge in [-0.05, 0) is 0 Å². The van der Waals surface area contributed by atoms with Crippen LogP contribution in [0.2, 0.25) is 5.02 Å². The maximum atomic E-state index is 6.87. The van der Waals surface area contributed by atoms with Gasteiger partial charge in [-0.25, -0.2) is 0 Å². The van der Waals surface area contributed by atoms with Crippen molar-refractivity contribution < 1.29 is 46.1 Å². The number of hydrogen-bond donors (Lipinski definition) is 0. The Bertz CT molecular complexity index is 2370. The second kappa shape index (κ2) is 16.7. The average Bonchev–Trinajstić information content (AvgIpc) is 3.80. The van der Waals surface area contributed by atoms with E-state index in [-0.39, 0.29) is 39.3 Å². The molecule has 2 aliphatic rings. The maximum Gasteiger partial charge on any atom is -1.00 e. The molecule has 0 radical (unpaired) electrons. The van der Waals surface area contributed by atoms with Crippen LogP contribution in [0, 0.1) is 6.92 Å². The van der Waals surface area contributed by atoms with Gasteiger partial charge < -0.3 is 24.8 Å². The van der Waals surface area contributed by atoms with Gasteiger partial charge in [0.25, 0.3) is 0 Å². The fourth-order valence-corrected chi connectivity index (χ4v) is 17.7. The number of hydrogen-bond acceptors (Lipinski definition) is 0. The Labute approximate surface area is 359 Å². The predicted molar refractivity (Wildman–Crippen MR) is 230 cm³/mol.